The largest absolute Gasteiger partial charge is 0.456 e. The molecule has 8 aromatic carbocycles. The number of nitrogens with zero attached hydrogens (tertiary/aromatic N) is 3. The molecule has 0 saturated carbocycles. The average Bonchev–Trinajstić information content (AvgIpc) is 3.86. The molecule has 11 rings (SSSR count). The van der Waals surface area contributed by atoms with Crippen LogP contribution in [0.25, 0.3) is 111 Å². The second-order valence-corrected chi connectivity index (χ2v) is 13.2. The summed E-state index contributed by atoms with van der Waals surface area (Å²) >= 11 is 0. The molecule has 11 aromatic rings. The van der Waals surface area contributed by atoms with Crippen molar-refractivity contribution in [2.75, 3.05) is 0 Å². The Morgan fingerprint density at radius 1 is 0.389 bits per heavy atom. The van der Waals surface area contributed by atoms with Crippen LogP contribution in [-0.2, 0) is 0 Å². The summed E-state index contributed by atoms with van der Waals surface area (Å²) in [4.78, 5) is 14.8. The van der Waals surface area contributed by atoms with E-state index < -0.39 is 30.2 Å². The van der Waals surface area contributed by atoms with Gasteiger partial charge in [-0.25, -0.2) is 15.0 Å². The lowest BCUT2D eigenvalue weighted by molar-refractivity contribution is 0.669. The molecule has 0 bridgehead atoms. The van der Waals surface area contributed by atoms with Crippen LogP contribution >= 0.6 is 0 Å². The molecule has 3 heterocycles. The van der Waals surface area contributed by atoms with E-state index in [2.05, 4.69) is 48.5 Å². The van der Waals surface area contributed by atoms with E-state index in [1.165, 1.54) is 0 Å². The topological polar surface area (TPSA) is 65.0 Å². The van der Waals surface area contributed by atoms with Crippen LogP contribution in [0, 0.1) is 0 Å². The first kappa shape index (κ1) is 25.6. The molecule has 5 nitrogen and oxygen atoms in total. The van der Waals surface area contributed by atoms with Crippen molar-refractivity contribution in [2.45, 2.75) is 0 Å². The number of furan rings is 2. The monoisotopic (exact) mass is 696 g/mol. The van der Waals surface area contributed by atoms with E-state index in [1.807, 2.05) is 97.1 Å². The van der Waals surface area contributed by atoms with E-state index in [-0.39, 0.29) is 23.0 Å². The lowest BCUT2D eigenvalue weighted by Crippen LogP contribution is -2.00. The van der Waals surface area contributed by atoms with Gasteiger partial charge in [0.25, 0.3) is 0 Å². The number of aromatic nitrogens is 3. The third-order valence-corrected chi connectivity index (χ3v) is 10.0. The van der Waals surface area contributed by atoms with Crippen molar-refractivity contribution >= 4 is 54.6 Å². The highest BCUT2D eigenvalue weighted by atomic mass is 16.3. The SMILES string of the molecule is [2H]c1c([2H])c([2H])c(-c2nc(-c3ccc4oc5c6ccccc6ccc5c4c3)nc(-c3cccc4oc5ccc(-c6cccc(-c7ccccc7)c6)cc5c34)n2)c([2H])c1[2H]. The van der Waals surface area contributed by atoms with Crippen LogP contribution in [0.5, 0.6) is 0 Å². The zero-order chi connectivity index (χ0) is 39.9. The predicted octanol–water partition coefficient (Wildman–Crippen LogP) is 13.2. The van der Waals surface area contributed by atoms with Crippen molar-refractivity contribution in [3.63, 3.8) is 0 Å². The fourth-order valence-corrected chi connectivity index (χ4v) is 7.44. The Hall–Kier alpha value is -7.37. The Morgan fingerprint density at radius 3 is 1.93 bits per heavy atom. The summed E-state index contributed by atoms with van der Waals surface area (Å²) in [5, 5.41) is 5.49. The van der Waals surface area contributed by atoms with Crippen LogP contribution in [0.15, 0.2) is 185 Å². The van der Waals surface area contributed by atoms with E-state index in [0.29, 0.717) is 27.9 Å². The molecule has 0 unspecified atom stereocenters. The zero-order valence-electron chi connectivity index (χ0n) is 33.5. The smallest absolute Gasteiger partial charge is 0.164 e. The first-order valence-corrected chi connectivity index (χ1v) is 17.6. The highest BCUT2D eigenvalue weighted by Gasteiger charge is 2.19. The molecular weight excluding hydrogens is 663 g/mol. The van der Waals surface area contributed by atoms with E-state index in [0.717, 1.165) is 60.2 Å². The molecule has 252 valence electrons. The van der Waals surface area contributed by atoms with Gasteiger partial charge >= 0.3 is 0 Å². The third kappa shape index (κ3) is 4.98. The molecule has 3 aromatic heterocycles. The molecule has 0 aliphatic carbocycles. The summed E-state index contributed by atoms with van der Waals surface area (Å²) in [7, 11) is 0. The Bertz CT molecular complexity index is 3500. The maximum absolute atomic E-state index is 8.86. The van der Waals surface area contributed by atoms with Crippen LogP contribution in [0.4, 0.5) is 0 Å². The molecule has 0 aliphatic heterocycles. The minimum absolute atomic E-state index is 0.0478. The normalized spacial score (nSPS) is 13.0. The molecule has 0 atom stereocenters. The van der Waals surface area contributed by atoms with Crippen LogP contribution in [0.2, 0.25) is 0 Å². The second kappa shape index (κ2) is 12.1. The molecule has 0 saturated heterocycles. The van der Waals surface area contributed by atoms with E-state index in [9.17, 15) is 0 Å². The van der Waals surface area contributed by atoms with E-state index in [4.69, 9.17) is 30.6 Å². The minimum atomic E-state index is -0.497. The summed E-state index contributed by atoms with van der Waals surface area (Å²) in [6.45, 7) is 0. The summed E-state index contributed by atoms with van der Waals surface area (Å²) in [5.74, 6) is 0.468. The van der Waals surface area contributed by atoms with Gasteiger partial charge in [-0.3, -0.25) is 0 Å². The Balaban J connectivity index is 1.13. The van der Waals surface area contributed by atoms with Crippen molar-refractivity contribution in [3.8, 4) is 56.4 Å². The molecule has 0 amide bonds. The van der Waals surface area contributed by atoms with Gasteiger partial charge in [-0.2, -0.15) is 0 Å². The number of fused-ring (bicyclic) bond motifs is 8. The van der Waals surface area contributed by atoms with Crippen LogP contribution in [-0.4, -0.2) is 15.0 Å². The van der Waals surface area contributed by atoms with Gasteiger partial charge in [0.2, 0.25) is 0 Å². The van der Waals surface area contributed by atoms with Gasteiger partial charge in [-0.15, -0.1) is 0 Å². The van der Waals surface area contributed by atoms with Crippen LogP contribution in [0.1, 0.15) is 6.85 Å². The second-order valence-electron chi connectivity index (χ2n) is 13.2. The van der Waals surface area contributed by atoms with Crippen molar-refractivity contribution in [2.24, 2.45) is 0 Å². The molecule has 0 radical (unpaired) electrons. The first-order chi connectivity index (χ1) is 28.8. The molecule has 0 N–H and O–H groups in total. The van der Waals surface area contributed by atoms with Gasteiger partial charge < -0.3 is 8.83 Å². The van der Waals surface area contributed by atoms with Gasteiger partial charge in [0.15, 0.2) is 17.5 Å². The first-order valence-electron chi connectivity index (χ1n) is 20.1. The third-order valence-electron chi connectivity index (χ3n) is 10.0. The molecule has 54 heavy (non-hydrogen) atoms. The summed E-state index contributed by atoms with van der Waals surface area (Å²) < 4.78 is 55.7. The molecular formula is C49H29N3O2. The molecule has 0 spiro atoms. The molecule has 0 fully saturated rings. The maximum Gasteiger partial charge on any atom is 0.164 e. The quantitative estimate of drug-likeness (QED) is 0.179. The number of hydrogen-bond donors (Lipinski definition) is 0. The minimum Gasteiger partial charge on any atom is -0.456 e. The van der Waals surface area contributed by atoms with Crippen molar-refractivity contribution < 1.29 is 15.7 Å². The Morgan fingerprint density at radius 2 is 1.06 bits per heavy atom. The highest BCUT2D eigenvalue weighted by molar-refractivity contribution is 6.16. The van der Waals surface area contributed by atoms with Gasteiger partial charge in [0, 0.05) is 43.6 Å². The van der Waals surface area contributed by atoms with Crippen molar-refractivity contribution in [1.82, 2.24) is 15.0 Å². The maximum atomic E-state index is 8.86. The fraction of sp³-hybridized carbons (Fsp3) is 0. The number of benzene rings is 8. The van der Waals surface area contributed by atoms with Gasteiger partial charge in [0.1, 0.15) is 22.3 Å². The number of rotatable bonds is 5. The number of hydrogen-bond acceptors (Lipinski definition) is 5. The van der Waals surface area contributed by atoms with Crippen LogP contribution < -0.4 is 0 Å². The molecule has 0 aliphatic rings. The predicted molar refractivity (Wildman–Crippen MR) is 219 cm³/mol. The summed E-state index contributed by atoms with van der Waals surface area (Å²) in [5.41, 5.74) is 8.19. The van der Waals surface area contributed by atoms with Crippen molar-refractivity contribution in [3.05, 3.63) is 176 Å². The van der Waals surface area contributed by atoms with Gasteiger partial charge in [0.05, 0.1) is 6.85 Å². The Labute approximate surface area is 316 Å². The average molecular weight is 697 g/mol. The lowest BCUT2D eigenvalue weighted by Gasteiger charge is -2.10. The summed E-state index contributed by atoms with van der Waals surface area (Å²) in [6, 6.07) is 46.1. The van der Waals surface area contributed by atoms with E-state index in [1.54, 1.807) is 0 Å². The Kier molecular flexibility index (Phi) is 5.73. The molecule has 5 heteroatoms. The van der Waals surface area contributed by atoms with Crippen LogP contribution in [0.3, 0.4) is 0 Å². The standard InChI is InChI=1S/C49H29N3O2/c1-3-11-30(12-4-1)33-16-9-17-34(27-33)35-22-25-43-41(28-35)45-39(19-10-20-44(45)53-43)49-51-47(32-14-5-2-6-15-32)50-48(52-49)36-23-26-42-40(29-36)38-24-21-31-13-7-8-18-37(31)46(38)54-42/h1-29H/i2D,5D,6D,14D,15D. The van der Waals surface area contributed by atoms with Crippen molar-refractivity contribution in [1.29, 1.82) is 0 Å². The lowest BCUT2D eigenvalue weighted by atomic mass is 9.97. The highest BCUT2D eigenvalue weighted by Crippen LogP contribution is 2.40. The van der Waals surface area contributed by atoms with E-state index >= 15 is 0 Å². The van der Waals surface area contributed by atoms with Gasteiger partial charge in [-0.1, -0.05) is 127 Å². The fourth-order valence-electron chi connectivity index (χ4n) is 7.44. The zero-order valence-corrected chi connectivity index (χ0v) is 28.5. The summed E-state index contributed by atoms with van der Waals surface area (Å²) in [6.07, 6.45) is 0. The van der Waals surface area contributed by atoms with Gasteiger partial charge in [-0.05, 0) is 76.2 Å².